The number of carbonyl (C=O) groups is 1. The summed E-state index contributed by atoms with van der Waals surface area (Å²) in [6, 6.07) is 10.7. The van der Waals surface area contributed by atoms with E-state index in [0.29, 0.717) is 22.6 Å². The maximum Gasteiger partial charge on any atom is 0.349 e. The van der Waals surface area contributed by atoms with Crippen molar-refractivity contribution in [3.63, 3.8) is 0 Å². The molecule has 134 valence electrons. The summed E-state index contributed by atoms with van der Waals surface area (Å²) in [5, 5.41) is 0.813. The summed E-state index contributed by atoms with van der Waals surface area (Å²) in [4.78, 5) is 23.8. The van der Waals surface area contributed by atoms with Gasteiger partial charge in [0.2, 0.25) is 0 Å². The smallest absolute Gasteiger partial charge is 0.349 e. The molecule has 0 aliphatic heterocycles. The summed E-state index contributed by atoms with van der Waals surface area (Å²) >= 11 is 0. The lowest BCUT2D eigenvalue weighted by Crippen LogP contribution is -2.18. The van der Waals surface area contributed by atoms with Crippen LogP contribution in [-0.4, -0.2) is 12.6 Å². The quantitative estimate of drug-likeness (QED) is 0.403. The molecule has 5 heteroatoms. The SMILES string of the molecule is Cc1ccc(C)c(OCC(=O)Oc2ccc3c(C)cc(=O)oc3c2C)c1. The molecule has 1 heterocycles. The minimum Gasteiger partial charge on any atom is -0.482 e. The van der Waals surface area contributed by atoms with Crippen LogP contribution >= 0.6 is 0 Å². The van der Waals surface area contributed by atoms with E-state index in [4.69, 9.17) is 13.9 Å². The van der Waals surface area contributed by atoms with Crippen molar-refractivity contribution in [3.8, 4) is 11.5 Å². The molecule has 0 saturated carbocycles. The number of hydrogen-bond acceptors (Lipinski definition) is 5. The minimum atomic E-state index is -0.525. The van der Waals surface area contributed by atoms with Crippen LogP contribution in [0.25, 0.3) is 11.0 Å². The summed E-state index contributed by atoms with van der Waals surface area (Å²) in [6.07, 6.45) is 0. The predicted octanol–water partition coefficient (Wildman–Crippen LogP) is 4.01. The van der Waals surface area contributed by atoms with Crippen LogP contribution in [0.4, 0.5) is 0 Å². The van der Waals surface area contributed by atoms with E-state index >= 15 is 0 Å². The Morgan fingerprint density at radius 3 is 2.50 bits per heavy atom. The number of rotatable bonds is 4. The fourth-order valence-electron chi connectivity index (χ4n) is 2.76. The first kappa shape index (κ1) is 17.7. The van der Waals surface area contributed by atoms with Crippen molar-refractivity contribution in [2.24, 2.45) is 0 Å². The zero-order chi connectivity index (χ0) is 18.8. The Bertz CT molecular complexity index is 1050. The Hall–Kier alpha value is -3.08. The van der Waals surface area contributed by atoms with E-state index in [1.165, 1.54) is 6.07 Å². The van der Waals surface area contributed by atoms with Gasteiger partial charge in [-0.05, 0) is 62.6 Å². The number of ether oxygens (including phenoxy) is 2. The Kier molecular flexibility index (Phi) is 4.80. The molecular weight excluding hydrogens is 332 g/mol. The molecule has 0 atom stereocenters. The second kappa shape index (κ2) is 7.04. The van der Waals surface area contributed by atoms with Gasteiger partial charge in [-0.15, -0.1) is 0 Å². The molecule has 0 aliphatic carbocycles. The molecule has 0 radical (unpaired) electrons. The van der Waals surface area contributed by atoms with Gasteiger partial charge in [-0.25, -0.2) is 9.59 Å². The molecule has 0 spiro atoms. The molecule has 1 aromatic heterocycles. The summed E-state index contributed by atoms with van der Waals surface area (Å²) in [5.41, 5.74) is 3.41. The third-order valence-electron chi connectivity index (χ3n) is 4.23. The Labute approximate surface area is 151 Å². The van der Waals surface area contributed by atoms with Gasteiger partial charge in [0.15, 0.2) is 6.61 Å². The van der Waals surface area contributed by atoms with Gasteiger partial charge in [0.05, 0.1) is 0 Å². The maximum atomic E-state index is 12.2. The molecule has 0 saturated heterocycles. The van der Waals surface area contributed by atoms with Crippen molar-refractivity contribution in [2.45, 2.75) is 27.7 Å². The topological polar surface area (TPSA) is 65.7 Å². The molecule has 0 N–H and O–H groups in total. The van der Waals surface area contributed by atoms with E-state index in [2.05, 4.69) is 0 Å². The fraction of sp³-hybridized carbons (Fsp3) is 0.238. The van der Waals surface area contributed by atoms with Crippen LogP contribution in [0.3, 0.4) is 0 Å². The molecule has 0 fully saturated rings. The van der Waals surface area contributed by atoms with Crippen LogP contribution < -0.4 is 15.1 Å². The Morgan fingerprint density at radius 2 is 1.73 bits per heavy atom. The van der Waals surface area contributed by atoms with E-state index in [9.17, 15) is 9.59 Å². The van der Waals surface area contributed by atoms with E-state index in [0.717, 1.165) is 22.1 Å². The molecule has 5 nitrogen and oxygen atoms in total. The largest absolute Gasteiger partial charge is 0.482 e. The van der Waals surface area contributed by atoms with Crippen molar-refractivity contribution in [2.75, 3.05) is 6.61 Å². The van der Waals surface area contributed by atoms with Gasteiger partial charge >= 0.3 is 11.6 Å². The number of carbonyl (C=O) groups excluding carboxylic acids is 1. The van der Waals surface area contributed by atoms with Gasteiger partial charge in [-0.3, -0.25) is 0 Å². The molecule has 0 amide bonds. The highest BCUT2D eigenvalue weighted by Crippen LogP contribution is 2.28. The minimum absolute atomic E-state index is 0.209. The van der Waals surface area contributed by atoms with E-state index < -0.39 is 11.6 Å². The first-order valence-electron chi connectivity index (χ1n) is 8.30. The normalized spacial score (nSPS) is 10.8. The lowest BCUT2D eigenvalue weighted by molar-refractivity contribution is -0.136. The van der Waals surface area contributed by atoms with Crippen molar-refractivity contribution >= 4 is 16.9 Å². The first-order valence-corrected chi connectivity index (χ1v) is 8.30. The average molecular weight is 352 g/mol. The van der Waals surface area contributed by atoms with Crippen LogP contribution in [0.15, 0.2) is 45.6 Å². The second-order valence-corrected chi connectivity index (χ2v) is 6.35. The monoisotopic (exact) mass is 352 g/mol. The number of fused-ring (bicyclic) bond motifs is 1. The van der Waals surface area contributed by atoms with E-state index in [1.807, 2.05) is 39.0 Å². The molecule has 3 aromatic rings. The number of aryl methyl sites for hydroxylation is 4. The van der Waals surface area contributed by atoms with Crippen LogP contribution in [0.2, 0.25) is 0 Å². The first-order chi connectivity index (χ1) is 12.3. The fourth-order valence-corrected chi connectivity index (χ4v) is 2.76. The molecule has 0 bridgehead atoms. The number of hydrogen-bond donors (Lipinski definition) is 0. The number of esters is 1. The van der Waals surface area contributed by atoms with Gasteiger partial charge in [-0.1, -0.05) is 12.1 Å². The highest BCUT2D eigenvalue weighted by molar-refractivity contribution is 5.86. The van der Waals surface area contributed by atoms with Crippen molar-refractivity contribution in [3.05, 3.63) is 69.1 Å². The van der Waals surface area contributed by atoms with Crippen LogP contribution in [0.1, 0.15) is 22.3 Å². The van der Waals surface area contributed by atoms with Crippen LogP contribution in [-0.2, 0) is 4.79 Å². The van der Waals surface area contributed by atoms with E-state index in [-0.39, 0.29) is 6.61 Å². The third-order valence-corrected chi connectivity index (χ3v) is 4.23. The van der Waals surface area contributed by atoms with Gasteiger partial charge in [0.25, 0.3) is 0 Å². The Morgan fingerprint density at radius 1 is 0.962 bits per heavy atom. The van der Waals surface area contributed by atoms with Gasteiger partial charge < -0.3 is 13.9 Å². The maximum absolute atomic E-state index is 12.2. The number of benzene rings is 2. The molecule has 3 rings (SSSR count). The zero-order valence-corrected chi connectivity index (χ0v) is 15.2. The van der Waals surface area contributed by atoms with Crippen LogP contribution in [0, 0.1) is 27.7 Å². The van der Waals surface area contributed by atoms with Gasteiger partial charge in [0.1, 0.15) is 17.1 Å². The van der Waals surface area contributed by atoms with Crippen molar-refractivity contribution < 1.29 is 18.7 Å². The third kappa shape index (κ3) is 3.61. The lowest BCUT2D eigenvalue weighted by Gasteiger charge is -2.12. The van der Waals surface area contributed by atoms with Crippen LogP contribution in [0.5, 0.6) is 11.5 Å². The molecular formula is C21H20O5. The van der Waals surface area contributed by atoms with Gasteiger partial charge in [0, 0.05) is 17.0 Å². The molecule has 0 aliphatic rings. The van der Waals surface area contributed by atoms with Crippen molar-refractivity contribution in [1.29, 1.82) is 0 Å². The molecule has 26 heavy (non-hydrogen) atoms. The van der Waals surface area contributed by atoms with E-state index in [1.54, 1.807) is 19.1 Å². The lowest BCUT2D eigenvalue weighted by atomic mass is 10.1. The summed E-state index contributed by atoms with van der Waals surface area (Å²) in [5.74, 6) is 0.475. The standard InChI is InChI=1S/C21H20O5/c1-12-5-6-13(2)18(9-12)24-11-20(23)25-17-8-7-16-14(3)10-19(22)26-21(16)15(17)4/h5-10H,11H2,1-4H3. The average Bonchev–Trinajstić information content (AvgIpc) is 2.58. The van der Waals surface area contributed by atoms with Gasteiger partial charge in [-0.2, -0.15) is 0 Å². The Balaban J connectivity index is 1.78. The second-order valence-electron chi connectivity index (χ2n) is 6.35. The summed E-state index contributed by atoms with van der Waals surface area (Å²) < 4.78 is 16.2. The van der Waals surface area contributed by atoms with Crippen molar-refractivity contribution in [1.82, 2.24) is 0 Å². The summed E-state index contributed by atoms with van der Waals surface area (Å²) in [7, 11) is 0. The highest BCUT2D eigenvalue weighted by atomic mass is 16.6. The molecule has 2 aromatic carbocycles. The predicted molar refractivity (Wildman–Crippen MR) is 99.0 cm³/mol. The summed E-state index contributed by atoms with van der Waals surface area (Å²) in [6.45, 7) is 7.25. The highest BCUT2D eigenvalue weighted by Gasteiger charge is 2.14. The molecule has 0 unspecified atom stereocenters. The zero-order valence-electron chi connectivity index (χ0n) is 15.2.